The van der Waals surface area contributed by atoms with E-state index in [4.69, 9.17) is 10.5 Å². The van der Waals surface area contributed by atoms with E-state index in [0.29, 0.717) is 25.3 Å². The summed E-state index contributed by atoms with van der Waals surface area (Å²) in [5.41, 5.74) is 5.59. The summed E-state index contributed by atoms with van der Waals surface area (Å²) in [6.07, 6.45) is 0.771. The molecular weight excluding hydrogens is 236 g/mol. The molecule has 100 valence electrons. The highest BCUT2D eigenvalue weighted by atomic mass is 19.1. The van der Waals surface area contributed by atoms with E-state index in [9.17, 15) is 8.78 Å². The number of ether oxygens (including phenoxy) is 1. The molecule has 1 aromatic carbocycles. The number of nitrogens with two attached hydrogens (primary N) is 1. The van der Waals surface area contributed by atoms with Gasteiger partial charge in [0.15, 0.2) is 0 Å². The Bertz CT molecular complexity index is 441. The fourth-order valence-corrected chi connectivity index (χ4v) is 2.69. The van der Waals surface area contributed by atoms with Crippen LogP contribution in [-0.2, 0) is 10.2 Å². The summed E-state index contributed by atoms with van der Waals surface area (Å²) < 4.78 is 32.3. The molecule has 18 heavy (non-hydrogen) atoms. The van der Waals surface area contributed by atoms with Gasteiger partial charge >= 0.3 is 0 Å². The van der Waals surface area contributed by atoms with E-state index in [2.05, 4.69) is 13.8 Å². The molecule has 1 aliphatic heterocycles. The predicted molar refractivity (Wildman–Crippen MR) is 66.3 cm³/mol. The zero-order valence-corrected chi connectivity index (χ0v) is 10.8. The van der Waals surface area contributed by atoms with Gasteiger partial charge in [-0.25, -0.2) is 8.78 Å². The number of benzene rings is 1. The molecule has 0 atom stereocenters. The van der Waals surface area contributed by atoms with Crippen LogP contribution in [-0.4, -0.2) is 19.8 Å². The Morgan fingerprint density at radius 1 is 1.33 bits per heavy atom. The molecule has 0 aromatic heterocycles. The van der Waals surface area contributed by atoms with Crippen LogP contribution in [0.1, 0.15) is 25.8 Å². The molecule has 1 aromatic rings. The largest absolute Gasteiger partial charge is 0.379 e. The normalized spacial score (nSPS) is 18.5. The summed E-state index contributed by atoms with van der Waals surface area (Å²) in [5.74, 6) is -1.05. The second-order valence-electron chi connectivity index (χ2n) is 5.62. The second kappa shape index (κ2) is 4.59. The third-order valence-electron chi connectivity index (χ3n) is 4.21. The van der Waals surface area contributed by atoms with Crippen LogP contribution < -0.4 is 5.73 Å². The van der Waals surface area contributed by atoms with Gasteiger partial charge < -0.3 is 10.5 Å². The minimum absolute atomic E-state index is 0.182. The highest BCUT2D eigenvalue weighted by Crippen LogP contribution is 2.49. The van der Waals surface area contributed by atoms with Gasteiger partial charge in [0.2, 0.25) is 0 Å². The lowest BCUT2D eigenvalue weighted by Crippen LogP contribution is -2.57. The van der Waals surface area contributed by atoms with Gasteiger partial charge in [-0.2, -0.15) is 0 Å². The van der Waals surface area contributed by atoms with Crippen LogP contribution in [0.5, 0.6) is 0 Å². The Kier molecular flexibility index (Phi) is 3.43. The topological polar surface area (TPSA) is 35.2 Å². The molecule has 0 amide bonds. The number of rotatable bonds is 4. The zero-order valence-electron chi connectivity index (χ0n) is 10.8. The minimum atomic E-state index is -0.553. The summed E-state index contributed by atoms with van der Waals surface area (Å²) in [4.78, 5) is 0. The Hall–Kier alpha value is -1.00. The van der Waals surface area contributed by atoms with Crippen LogP contribution in [0.3, 0.4) is 0 Å². The number of hydrogen-bond acceptors (Lipinski definition) is 2. The smallest absolute Gasteiger partial charge is 0.130 e. The molecule has 0 aliphatic carbocycles. The first kappa shape index (κ1) is 13.4. The molecule has 2 rings (SSSR count). The first-order valence-corrected chi connectivity index (χ1v) is 6.16. The molecule has 0 radical (unpaired) electrons. The number of hydrogen-bond donors (Lipinski definition) is 1. The highest BCUT2D eigenvalue weighted by Gasteiger charge is 2.52. The van der Waals surface area contributed by atoms with E-state index >= 15 is 0 Å². The molecule has 1 fully saturated rings. The molecule has 1 aliphatic rings. The first-order valence-electron chi connectivity index (χ1n) is 6.16. The lowest BCUT2D eigenvalue weighted by Gasteiger charge is -2.53. The second-order valence-corrected chi connectivity index (χ2v) is 5.62. The molecule has 0 spiro atoms. The van der Waals surface area contributed by atoms with E-state index in [1.54, 1.807) is 0 Å². The van der Waals surface area contributed by atoms with Crippen molar-refractivity contribution in [3.8, 4) is 0 Å². The van der Waals surface area contributed by atoms with E-state index in [1.165, 1.54) is 12.1 Å². The monoisotopic (exact) mass is 255 g/mol. The van der Waals surface area contributed by atoms with Gasteiger partial charge in [-0.3, -0.25) is 0 Å². The van der Waals surface area contributed by atoms with Crippen molar-refractivity contribution in [2.45, 2.75) is 25.7 Å². The molecule has 2 N–H and O–H groups in total. The molecule has 2 nitrogen and oxygen atoms in total. The first-order chi connectivity index (χ1) is 8.43. The van der Waals surface area contributed by atoms with Crippen molar-refractivity contribution in [3.05, 3.63) is 35.4 Å². The minimum Gasteiger partial charge on any atom is -0.379 e. The molecule has 1 saturated heterocycles. The zero-order chi connectivity index (χ0) is 13.4. The fourth-order valence-electron chi connectivity index (χ4n) is 2.69. The summed E-state index contributed by atoms with van der Waals surface area (Å²) in [7, 11) is 0. The quantitative estimate of drug-likeness (QED) is 0.897. The Morgan fingerprint density at radius 2 is 2.00 bits per heavy atom. The van der Waals surface area contributed by atoms with Crippen LogP contribution >= 0.6 is 0 Å². The van der Waals surface area contributed by atoms with Gasteiger partial charge in [0.1, 0.15) is 11.6 Å². The van der Waals surface area contributed by atoms with Crippen LogP contribution in [0.4, 0.5) is 8.78 Å². The maximum atomic E-state index is 14.0. The van der Waals surface area contributed by atoms with Gasteiger partial charge in [-0.1, -0.05) is 19.9 Å². The van der Waals surface area contributed by atoms with Crippen molar-refractivity contribution in [2.24, 2.45) is 11.1 Å². The third-order valence-corrected chi connectivity index (χ3v) is 4.21. The van der Waals surface area contributed by atoms with E-state index < -0.39 is 17.0 Å². The molecule has 1 heterocycles. The van der Waals surface area contributed by atoms with Crippen molar-refractivity contribution in [3.63, 3.8) is 0 Å². The maximum absolute atomic E-state index is 14.0. The third kappa shape index (κ3) is 1.93. The Labute approximate surface area is 106 Å². The van der Waals surface area contributed by atoms with Gasteiger partial charge in [-0.15, -0.1) is 0 Å². The SMILES string of the molecule is CC(C)(CCN)C1(c2ccc(F)cc2F)COC1. The summed E-state index contributed by atoms with van der Waals surface area (Å²) >= 11 is 0. The highest BCUT2D eigenvalue weighted by molar-refractivity contribution is 5.33. The van der Waals surface area contributed by atoms with Crippen LogP contribution in [0, 0.1) is 17.0 Å². The average Bonchev–Trinajstić information content (AvgIpc) is 2.18. The van der Waals surface area contributed by atoms with E-state index in [0.717, 1.165) is 12.5 Å². The standard InChI is InChI=1S/C14H19F2NO/c1-13(2,5-6-17)14(8-18-9-14)11-4-3-10(15)7-12(11)16/h3-4,7H,5-6,8-9,17H2,1-2H3. The average molecular weight is 255 g/mol. The van der Waals surface area contributed by atoms with Crippen molar-refractivity contribution < 1.29 is 13.5 Å². The molecule has 0 bridgehead atoms. The van der Waals surface area contributed by atoms with Gasteiger partial charge in [-0.05, 0) is 30.0 Å². The molecular formula is C14H19F2NO. The Morgan fingerprint density at radius 3 is 2.44 bits per heavy atom. The molecule has 0 unspecified atom stereocenters. The van der Waals surface area contributed by atoms with Crippen molar-refractivity contribution in [2.75, 3.05) is 19.8 Å². The van der Waals surface area contributed by atoms with E-state index in [-0.39, 0.29) is 5.41 Å². The number of halogens is 2. The predicted octanol–water partition coefficient (Wildman–Crippen LogP) is 2.61. The lowest BCUT2D eigenvalue weighted by molar-refractivity contribution is -0.122. The molecule has 0 saturated carbocycles. The van der Waals surface area contributed by atoms with Crippen LogP contribution in [0.25, 0.3) is 0 Å². The fraction of sp³-hybridized carbons (Fsp3) is 0.571. The van der Waals surface area contributed by atoms with Crippen molar-refractivity contribution in [1.82, 2.24) is 0 Å². The Balaban J connectivity index is 2.44. The summed E-state index contributed by atoms with van der Waals surface area (Å²) in [6, 6.07) is 3.77. The lowest BCUT2D eigenvalue weighted by atomic mass is 9.59. The van der Waals surface area contributed by atoms with Crippen molar-refractivity contribution >= 4 is 0 Å². The van der Waals surface area contributed by atoms with Gasteiger partial charge in [0, 0.05) is 6.07 Å². The van der Waals surface area contributed by atoms with Gasteiger partial charge in [0.25, 0.3) is 0 Å². The summed E-state index contributed by atoms with van der Waals surface area (Å²) in [5, 5.41) is 0. The summed E-state index contributed by atoms with van der Waals surface area (Å²) in [6.45, 7) is 5.58. The van der Waals surface area contributed by atoms with Crippen LogP contribution in [0.2, 0.25) is 0 Å². The van der Waals surface area contributed by atoms with E-state index in [1.807, 2.05) is 0 Å². The maximum Gasteiger partial charge on any atom is 0.130 e. The van der Waals surface area contributed by atoms with Crippen molar-refractivity contribution in [1.29, 1.82) is 0 Å². The van der Waals surface area contributed by atoms with Crippen LogP contribution in [0.15, 0.2) is 18.2 Å². The van der Waals surface area contributed by atoms with Gasteiger partial charge in [0.05, 0.1) is 18.6 Å². The molecule has 4 heteroatoms.